The Hall–Kier alpha value is -3.15. The van der Waals surface area contributed by atoms with Crippen LogP contribution < -0.4 is 11.2 Å². The summed E-state index contributed by atoms with van der Waals surface area (Å²) >= 11 is 0. The number of aryl methyl sites for hydroxylation is 1. The van der Waals surface area contributed by atoms with Gasteiger partial charge in [0.2, 0.25) is 0 Å². The highest BCUT2D eigenvalue weighted by molar-refractivity contribution is 5.91. The third kappa shape index (κ3) is 2.97. The number of nitrogen functional groups attached to an aromatic ring is 1. The number of hydrogen-bond acceptors (Lipinski definition) is 5. The minimum Gasteiger partial charge on any atom is -0.392 e. The van der Waals surface area contributed by atoms with Crippen molar-refractivity contribution in [2.24, 2.45) is 5.16 Å². The van der Waals surface area contributed by atoms with E-state index in [4.69, 9.17) is 10.6 Å². The standard InChI is InChI=1S/C21H22N4O2/c1-12-9-19(26)17-7-6-15(20-13(2)24-27-14(20)3)10-18(17)25(12)11-16-5-4-8-23-21(16)22/h4-10,14,20H,11H2,1-3H3,(H2,22,23). The first-order valence-electron chi connectivity index (χ1n) is 8.99. The van der Waals surface area contributed by atoms with Crippen molar-refractivity contribution in [3.05, 3.63) is 69.6 Å². The molecule has 2 atom stereocenters. The van der Waals surface area contributed by atoms with E-state index >= 15 is 0 Å². The Balaban J connectivity index is 1.90. The Bertz CT molecular complexity index is 1120. The molecule has 0 amide bonds. The van der Waals surface area contributed by atoms with Crippen molar-refractivity contribution in [1.29, 1.82) is 0 Å². The Morgan fingerprint density at radius 1 is 1.22 bits per heavy atom. The largest absolute Gasteiger partial charge is 0.392 e. The molecule has 0 fully saturated rings. The fourth-order valence-electron chi connectivity index (χ4n) is 3.81. The molecule has 3 aromatic rings. The highest BCUT2D eigenvalue weighted by atomic mass is 16.6. The average Bonchev–Trinajstić information content (AvgIpc) is 2.98. The van der Waals surface area contributed by atoms with E-state index in [0.717, 1.165) is 28.0 Å². The molecule has 0 saturated carbocycles. The molecule has 2 aromatic heterocycles. The molecule has 2 N–H and O–H groups in total. The second-order valence-electron chi connectivity index (χ2n) is 7.08. The van der Waals surface area contributed by atoms with Gasteiger partial charge in [-0.15, -0.1) is 0 Å². The van der Waals surface area contributed by atoms with Crippen LogP contribution in [0.15, 0.2) is 52.5 Å². The molecule has 1 aliphatic rings. The number of aromatic nitrogens is 2. The molecule has 6 heteroatoms. The van der Waals surface area contributed by atoms with E-state index in [0.29, 0.717) is 17.7 Å². The molecule has 138 valence electrons. The maximum atomic E-state index is 12.5. The maximum absolute atomic E-state index is 12.5. The van der Waals surface area contributed by atoms with Gasteiger partial charge in [0.15, 0.2) is 5.43 Å². The van der Waals surface area contributed by atoms with Crippen molar-refractivity contribution in [2.75, 3.05) is 5.73 Å². The van der Waals surface area contributed by atoms with Gasteiger partial charge in [-0.2, -0.15) is 0 Å². The molecule has 1 aromatic carbocycles. The van der Waals surface area contributed by atoms with E-state index in [1.807, 2.05) is 45.0 Å². The zero-order chi connectivity index (χ0) is 19.1. The maximum Gasteiger partial charge on any atom is 0.189 e. The summed E-state index contributed by atoms with van der Waals surface area (Å²) < 4.78 is 2.11. The van der Waals surface area contributed by atoms with Crippen LogP contribution in [0.5, 0.6) is 0 Å². The lowest BCUT2D eigenvalue weighted by Gasteiger charge is -2.19. The van der Waals surface area contributed by atoms with E-state index in [-0.39, 0.29) is 17.5 Å². The molecule has 0 spiro atoms. The Morgan fingerprint density at radius 2 is 2.04 bits per heavy atom. The summed E-state index contributed by atoms with van der Waals surface area (Å²) in [5.41, 5.74) is 10.8. The molecule has 1 aliphatic heterocycles. The van der Waals surface area contributed by atoms with Gasteiger partial charge in [-0.1, -0.05) is 17.3 Å². The molecule has 0 saturated heterocycles. The lowest BCUT2D eigenvalue weighted by Crippen LogP contribution is -2.18. The van der Waals surface area contributed by atoms with Crippen molar-refractivity contribution >= 4 is 22.4 Å². The molecule has 0 radical (unpaired) electrons. The number of rotatable bonds is 3. The van der Waals surface area contributed by atoms with Crippen molar-refractivity contribution in [3.63, 3.8) is 0 Å². The number of pyridine rings is 2. The highest BCUT2D eigenvalue weighted by Crippen LogP contribution is 2.31. The van der Waals surface area contributed by atoms with Crippen LogP contribution >= 0.6 is 0 Å². The minimum atomic E-state index is -0.0265. The second-order valence-corrected chi connectivity index (χ2v) is 7.08. The fraction of sp³-hybridized carbons (Fsp3) is 0.286. The van der Waals surface area contributed by atoms with Crippen LogP contribution in [-0.2, 0) is 11.4 Å². The van der Waals surface area contributed by atoms with Crippen LogP contribution in [-0.4, -0.2) is 21.4 Å². The van der Waals surface area contributed by atoms with Gasteiger partial charge in [0.25, 0.3) is 0 Å². The lowest BCUT2D eigenvalue weighted by molar-refractivity contribution is 0.0905. The van der Waals surface area contributed by atoms with Crippen LogP contribution in [0.2, 0.25) is 0 Å². The predicted molar refractivity (Wildman–Crippen MR) is 107 cm³/mol. The summed E-state index contributed by atoms with van der Waals surface area (Å²) in [6.07, 6.45) is 1.65. The molecule has 0 aliphatic carbocycles. The molecule has 0 bridgehead atoms. The van der Waals surface area contributed by atoms with Crippen LogP contribution in [0, 0.1) is 6.92 Å². The molecule has 3 heterocycles. The monoisotopic (exact) mass is 362 g/mol. The summed E-state index contributed by atoms with van der Waals surface area (Å²) in [5, 5.41) is 4.80. The van der Waals surface area contributed by atoms with Crippen LogP contribution in [0.25, 0.3) is 10.9 Å². The van der Waals surface area contributed by atoms with Gasteiger partial charge in [-0.3, -0.25) is 4.79 Å². The van der Waals surface area contributed by atoms with Crippen molar-refractivity contribution in [3.8, 4) is 0 Å². The van der Waals surface area contributed by atoms with Crippen LogP contribution in [0.3, 0.4) is 0 Å². The SMILES string of the molecule is CC1=NOC(C)C1c1ccc2c(=O)cc(C)n(Cc3cccnc3N)c2c1. The number of oxime groups is 1. The second kappa shape index (κ2) is 6.54. The number of nitrogens with zero attached hydrogens (tertiary/aromatic N) is 3. The van der Waals surface area contributed by atoms with Crippen molar-refractivity contribution in [2.45, 2.75) is 39.3 Å². The van der Waals surface area contributed by atoms with Crippen LogP contribution in [0.1, 0.15) is 36.6 Å². The number of fused-ring (bicyclic) bond motifs is 1. The summed E-state index contributed by atoms with van der Waals surface area (Å²) in [6.45, 7) is 6.47. The number of nitrogens with two attached hydrogens (primary N) is 1. The molecule has 27 heavy (non-hydrogen) atoms. The fourth-order valence-corrected chi connectivity index (χ4v) is 3.81. The van der Waals surface area contributed by atoms with Crippen molar-refractivity contribution < 1.29 is 4.84 Å². The van der Waals surface area contributed by atoms with Gasteiger partial charge in [0.1, 0.15) is 11.9 Å². The van der Waals surface area contributed by atoms with E-state index in [2.05, 4.69) is 20.8 Å². The summed E-state index contributed by atoms with van der Waals surface area (Å²) in [7, 11) is 0. The molecule has 4 rings (SSSR count). The minimum absolute atomic E-state index is 0.0190. The topological polar surface area (TPSA) is 82.5 Å². The lowest BCUT2D eigenvalue weighted by atomic mass is 9.90. The van der Waals surface area contributed by atoms with Gasteiger partial charge in [-0.25, -0.2) is 4.98 Å². The number of hydrogen-bond donors (Lipinski definition) is 1. The van der Waals surface area contributed by atoms with E-state index in [9.17, 15) is 4.79 Å². The summed E-state index contributed by atoms with van der Waals surface area (Å²) in [5.74, 6) is 0.586. The molecule has 6 nitrogen and oxygen atoms in total. The van der Waals surface area contributed by atoms with Gasteiger partial charge in [0.05, 0.1) is 23.7 Å². The number of benzene rings is 1. The summed E-state index contributed by atoms with van der Waals surface area (Å²) in [4.78, 5) is 22.1. The van der Waals surface area contributed by atoms with Gasteiger partial charge in [0, 0.05) is 28.9 Å². The summed E-state index contributed by atoms with van der Waals surface area (Å²) in [6, 6.07) is 11.5. The van der Waals surface area contributed by atoms with E-state index in [1.54, 1.807) is 12.3 Å². The zero-order valence-electron chi connectivity index (χ0n) is 15.6. The first kappa shape index (κ1) is 17.3. The highest BCUT2D eigenvalue weighted by Gasteiger charge is 2.29. The van der Waals surface area contributed by atoms with Gasteiger partial charge >= 0.3 is 0 Å². The molecular weight excluding hydrogens is 340 g/mol. The molecular formula is C21H22N4O2. The first-order chi connectivity index (χ1) is 13.0. The predicted octanol–water partition coefficient (Wildman–Crippen LogP) is 3.21. The Labute approximate surface area is 157 Å². The van der Waals surface area contributed by atoms with E-state index in [1.165, 1.54) is 0 Å². The Kier molecular flexibility index (Phi) is 4.18. The third-order valence-corrected chi connectivity index (χ3v) is 5.24. The molecule has 2 unspecified atom stereocenters. The zero-order valence-corrected chi connectivity index (χ0v) is 15.6. The first-order valence-corrected chi connectivity index (χ1v) is 8.99. The van der Waals surface area contributed by atoms with Gasteiger partial charge in [-0.05, 0) is 44.5 Å². The average molecular weight is 362 g/mol. The van der Waals surface area contributed by atoms with Gasteiger partial charge < -0.3 is 15.1 Å². The number of anilines is 1. The van der Waals surface area contributed by atoms with Crippen molar-refractivity contribution in [1.82, 2.24) is 9.55 Å². The quantitative estimate of drug-likeness (QED) is 0.775. The Morgan fingerprint density at radius 3 is 2.74 bits per heavy atom. The van der Waals surface area contributed by atoms with Crippen LogP contribution in [0.4, 0.5) is 5.82 Å². The third-order valence-electron chi connectivity index (χ3n) is 5.24. The normalized spacial score (nSPS) is 19.1. The van der Waals surface area contributed by atoms with E-state index < -0.39 is 0 Å². The smallest absolute Gasteiger partial charge is 0.189 e.